The van der Waals surface area contributed by atoms with Crippen molar-refractivity contribution in [3.05, 3.63) is 65.7 Å². The second-order valence-corrected chi connectivity index (χ2v) is 7.29. The molecule has 3 amide bonds. The summed E-state index contributed by atoms with van der Waals surface area (Å²) in [6.07, 6.45) is -0.452. The third-order valence-electron chi connectivity index (χ3n) is 4.68. The van der Waals surface area contributed by atoms with Crippen molar-refractivity contribution in [2.45, 2.75) is 37.4 Å². The maximum Gasteiger partial charge on any atom is 0.305 e. The number of hydrogen-bond donors (Lipinski definition) is 6. The van der Waals surface area contributed by atoms with E-state index in [0.717, 1.165) is 5.56 Å². The lowest BCUT2D eigenvalue weighted by molar-refractivity contribution is -0.140. The van der Waals surface area contributed by atoms with Crippen molar-refractivity contribution in [3.8, 4) is 5.75 Å². The van der Waals surface area contributed by atoms with E-state index in [9.17, 15) is 24.3 Å². The van der Waals surface area contributed by atoms with Gasteiger partial charge in [-0.05, 0) is 29.7 Å². The van der Waals surface area contributed by atoms with Crippen molar-refractivity contribution in [2.24, 2.45) is 11.5 Å². The number of carbonyl (C=O) groups is 4. The van der Waals surface area contributed by atoms with Gasteiger partial charge in [0.05, 0.1) is 12.5 Å². The van der Waals surface area contributed by atoms with Crippen molar-refractivity contribution < 1.29 is 29.4 Å². The highest BCUT2D eigenvalue weighted by Gasteiger charge is 2.28. The molecule has 0 fully saturated rings. The molecule has 8 N–H and O–H groups in total. The first kappa shape index (κ1) is 24.4. The van der Waals surface area contributed by atoms with Gasteiger partial charge in [0.15, 0.2) is 0 Å². The summed E-state index contributed by atoms with van der Waals surface area (Å²) in [5.41, 5.74) is 12.6. The van der Waals surface area contributed by atoms with Crippen LogP contribution in [0.4, 0.5) is 0 Å². The minimum Gasteiger partial charge on any atom is -0.508 e. The molecule has 10 heteroatoms. The van der Waals surface area contributed by atoms with Crippen LogP contribution in [-0.4, -0.2) is 52.0 Å². The first-order valence-electron chi connectivity index (χ1n) is 9.85. The zero-order valence-corrected chi connectivity index (χ0v) is 17.2. The molecule has 0 heterocycles. The molecule has 0 bridgehead atoms. The fourth-order valence-corrected chi connectivity index (χ4v) is 2.99. The van der Waals surface area contributed by atoms with Gasteiger partial charge >= 0.3 is 5.97 Å². The Labute approximate surface area is 184 Å². The molecule has 0 aromatic heterocycles. The van der Waals surface area contributed by atoms with E-state index in [2.05, 4.69) is 10.6 Å². The standard InChI is InChI=1S/C22H26N4O6/c23-16(10-13-4-2-1-3-5-13)21(31)26-18(11-14-6-8-15(27)9-7-14)22(32)25-17(20(24)30)12-19(28)29/h1-9,16-18,27H,10-12,23H2,(H2,24,30)(H,25,32)(H,26,31)(H,28,29). The number of aliphatic carboxylic acids is 1. The molecule has 10 nitrogen and oxygen atoms in total. The Balaban J connectivity index is 2.15. The van der Waals surface area contributed by atoms with E-state index in [1.165, 1.54) is 12.1 Å². The largest absolute Gasteiger partial charge is 0.508 e. The predicted octanol–water partition coefficient (Wildman–Crippen LogP) is -0.566. The number of carbonyl (C=O) groups excluding carboxylic acids is 3. The number of nitrogens with two attached hydrogens (primary N) is 2. The first-order valence-corrected chi connectivity index (χ1v) is 9.85. The third kappa shape index (κ3) is 7.73. The van der Waals surface area contributed by atoms with Gasteiger partial charge in [0.2, 0.25) is 17.7 Å². The molecule has 170 valence electrons. The molecular weight excluding hydrogens is 416 g/mol. The van der Waals surface area contributed by atoms with Gasteiger partial charge < -0.3 is 32.3 Å². The Bertz CT molecular complexity index is 949. The number of phenolic OH excluding ortho intramolecular Hbond substituents is 1. The molecule has 0 aliphatic heterocycles. The van der Waals surface area contributed by atoms with E-state index in [-0.39, 0.29) is 18.6 Å². The summed E-state index contributed by atoms with van der Waals surface area (Å²) >= 11 is 0. The number of rotatable bonds is 11. The van der Waals surface area contributed by atoms with Crippen molar-refractivity contribution in [2.75, 3.05) is 0 Å². The number of hydrogen-bond acceptors (Lipinski definition) is 6. The molecule has 3 unspecified atom stereocenters. The number of carboxylic acids is 1. The van der Waals surface area contributed by atoms with Gasteiger partial charge in [-0.3, -0.25) is 19.2 Å². The highest BCUT2D eigenvalue weighted by atomic mass is 16.4. The van der Waals surface area contributed by atoms with Gasteiger partial charge in [0.25, 0.3) is 0 Å². The number of carboxylic acid groups (broad SMARTS) is 1. The molecule has 0 radical (unpaired) electrons. The summed E-state index contributed by atoms with van der Waals surface area (Å²) in [7, 11) is 0. The van der Waals surface area contributed by atoms with E-state index in [4.69, 9.17) is 16.6 Å². The zero-order chi connectivity index (χ0) is 23.7. The molecule has 2 aromatic rings. The summed E-state index contributed by atoms with van der Waals surface area (Å²) < 4.78 is 0. The monoisotopic (exact) mass is 442 g/mol. The van der Waals surface area contributed by atoms with Gasteiger partial charge in [0.1, 0.15) is 17.8 Å². The van der Waals surface area contributed by atoms with Crippen LogP contribution < -0.4 is 22.1 Å². The van der Waals surface area contributed by atoms with E-state index >= 15 is 0 Å². The summed E-state index contributed by atoms with van der Waals surface area (Å²) in [6, 6.07) is 11.5. The number of nitrogens with one attached hydrogen (secondary N) is 2. The molecule has 2 rings (SSSR count). The fraction of sp³-hybridized carbons (Fsp3) is 0.273. The molecule has 0 aliphatic carbocycles. The zero-order valence-electron chi connectivity index (χ0n) is 17.2. The smallest absolute Gasteiger partial charge is 0.305 e. The Morgan fingerprint density at radius 1 is 0.812 bits per heavy atom. The Kier molecular flexibility index (Phi) is 8.72. The topological polar surface area (TPSA) is 185 Å². The SMILES string of the molecule is NC(=O)C(CC(=O)O)NC(=O)C(Cc1ccc(O)cc1)NC(=O)C(N)Cc1ccccc1. The second-order valence-electron chi connectivity index (χ2n) is 7.29. The molecule has 0 aliphatic rings. The minimum absolute atomic E-state index is 0.00840. The van der Waals surface area contributed by atoms with Crippen molar-refractivity contribution in [1.82, 2.24) is 10.6 Å². The van der Waals surface area contributed by atoms with Crippen LogP contribution in [0.2, 0.25) is 0 Å². The number of amides is 3. The number of primary amides is 1. The maximum atomic E-state index is 12.8. The van der Waals surface area contributed by atoms with Crippen molar-refractivity contribution >= 4 is 23.7 Å². The summed E-state index contributed by atoms with van der Waals surface area (Å²) in [6.45, 7) is 0. The molecule has 0 saturated carbocycles. The fourth-order valence-electron chi connectivity index (χ4n) is 2.99. The van der Waals surface area contributed by atoms with Crippen LogP contribution >= 0.6 is 0 Å². The average molecular weight is 442 g/mol. The summed E-state index contributed by atoms with van der Waals surface area (Å²) in [4.78, 5) is 48.0. The summed E-state index contributed by atoms with van der Waals surface area (Å²) in [5, 5.41) is 23.2. The molecule has 3 atom stereocenters. The molecule has 0 spiro atoms. The van der Waals surface area contributed by atoms with E-state index in [0.29, 0.717) is 5.56 Å². The van der Waals surface area contributed by atoms with Crippen LogP contribution in [-0.2, 0) is 32.0 Å². The van der Waals surface area contributed by atoms with Gasteiger partial charge in [0, 0.05) is 6.42 Å². The maximum absolute atomic E-state index is 12.8. The predicted molar refractivity (Wildman–Crippen MR) is 115 cm³/mol. The Morgan fingerprint density at radius 2 is 1.38 bits per heavy atom. The van der Waals surface area contributed by atoms with Crippen LogP contribution in [0.25, 0.3) is 0 Å². The number of phenols is 1. The van der Waals surface area contributed by atoms with Gasteiger partial charge in [-0.25, -0.2) is 0 Å². The number of aromatic hydroxyl groups is 1. The van der Waals surface area contributed by atoms with Gasteiger partial charge in [-0.2, -0.15) is 0 Å². The third-order valence-corrected chi connectivity index (χ3v) is 4.68. The quantitative estimate of drug-likeness (QED) is 0.269. The van der Waals surface area contributed by atoms with Crippen LogP contribution in [0.1, 0.15) is 17.5 Å². The first-order chi connectivity index (χ1) is 15.2. The van der Waals surface area contributed by atoms with Gasteiger partial charge in [-0.1, -0.05) is 42.5 Å². The van der Waals surface area contributed by atoms with E-state index < -0.39 is 48.2 Å². The Hall–Kier alpha value is -3.92. The molecular formula is C22H26N4O6. The lowest BCUT2D eigenvalue weighted by Crippen LogP contribution is -2.56. The van der Waals surface area contributed by atoms with Crippen LogP contribution in [0.5, 0.6) is 5.75 Å². The number of benzene rings is 2. The highest BCUT2D eigenvalue weighted by Crippen LogP contribution is 2.12. The van der Waals surface area contributed by atoms with Crippen LogP contribution in [0, 0.1) is 0 Å². The van der Waals surface area contributed by atoms with Gasteiger partial charge in [-0.15, -0.1) is 0 Å². The summed E-state index contributed by atoms with van der Waals surface area (Å²) in [5.74, 6) is -3.70. The Morgan fingerprint density at radius 3 is 1.94 bits per heavy atom. The minimum atomic E-state index is -1.45. The average Bonchev–Trinajstić information content (AvgIpc) is 2.74. The lowest BCUT2D eigenvalue weighted by atomic mass is 10.0. The second kappa shape index (κ2) is 11.5. The highest BCUT2D eigenvalue weighted by molar-refractivity contribution is 5.94. The molecule has 2 aromatic carbocycles. The molecule has 0 saturated heterocycles. The van der Waals surface area contributed by atoms with Crippen molar-refractivity contribution in [3.63, 3.8) is 0 Å². The van der Waals surface area contributed by atoms with Crippen LogP contribution in [0.15, 0.2) is 54.6 Å². The van der Waals surface area contributed by atoms with E-state index in [1.807, 2.05) is 30.3 Å². The molecule has 32 heavy (non-hydrogen) atoms. The van der Waals surface area contributed by atoms with Crippen molar-refractivity contribution in [1.29, 1.82) is 0 Å². The van der Waals surface area contributed by atoms with E-state index in [1.54, 1.807) is 12.1 Å². The normalized spacial score (nSPS) is 13.4. The van der Waals surface area contributed by atoms with Crippen LogP contribution in [0.3, 0.4) is 0 Å². The lowest BCUT2D eigenvalue weighted by Gasteiger charge is -2.23.